The lowest BCUT2D eigenvalue weighted by Crippen LogP contribution is -2.40. The van der Waals surface area contributed by atoms with Gasteiger partial charge in [0.1, 0.15) is 11.4 Å². The van der Waals surface area contributed by atoms with Crippen LogP contribution in [0.2, 0.25) is 0 Å². The number of esters is 1. The van der Waals surface area contributed by atoms with Crippen LogP contribution in [0.3, 0.4) is 0 Å². The number of rotatable bonds is 5. The third-order valence-corrected chi connectivity index (χ3v) is 4.29. The minimum Gasteiger partial charge on any atom is -0.459 e. The Hall–Kier alpha value is -2.56. The van der Waals surface area contributed by atoms with E-state index in [1.165, 1.54) is 0 Å². The van der Waals surface area contributed by atoms with Gasteiger partial charge in [-0.25, -0.2) is 9.78 Å². The number of benzene rings is 1. The number of hydrogen-bond acceptors (Lipinski definition) is 5. The van der Waals surface area contributed by atoms with Gasteiger partial charge in [-0.15, -0.1) is 0 Å². The maximum absolute atomic E-state index is 12.3. The normalized spacial score (nSPS) is 15.2. The first-order valence-electron chi connectivity index (χ1n) is 8.86. The molecule has 1 aliphatic heterocycles. The summed E-state index contributed by atoms with van der Waals surface area (Å²) < 4.78 is 5.35. The highest BCUT2D eigenvalue weighted by atomic mass is 16.5. The Kier molecular flexibility index (Phi) is 5.53. The third-order valence-electron chi connectivity index (χ3n) is 4.29. The van der Waals surface area contributed by atoms with Crippen LogP contribution < -0.4 is 10.2 Å². The average Bonchev–Trinajstić information content (AvgIpc) is 2.63. The largest absolute Gasteiger partial charge is 0.459 e. The molecule has 0 atom stereocenters. The lowest BCUT2D eigenvalue weighted by Gasteiger charge is -2.34. The van der Waals surface area contributed by atoms with Crippen LogP contribution in [-0.2, 0) is 4.74 Å². The monoisotopic (exact) mass is 339 g/mol. The van der Waals surface area contributed by atoms with Crippen molar-refractivity contribution in [1.82, 2.24) is 4.98 Å². The van der Waals surface area contributed by atoms with Crippen molar-refractivity contribution in [2.75, 3.05) is 23.3 Å². The molecule has 5 heteroatoms. The molecular formula is C20H25N3O2. The van der Waals surface area contributed by atoms with Crippen molar-refractivity contribution in [1.29, 1.82) is 0 Å². The number of ether oxygens (including phenoxy) is 1. The summed E-state index contributed by atoms with van der Waals surface area (Å²) in [6.07, 6.45) is 3.60. The van der Waals surface area contributed by atoms with E-state index in [9.17, 15) is 4.79 Å². The molecule has 0 aliphatic carbocycles. The lowest BCUT2D eigenvalue weighted by atomic mass is 10.0. The Balaban J connectivity index is 1.64. The third kappa shape index (κ3) is 4.50. The zero-order chi connectivity index (χ0) is 17.6. The summed E-state index contributed by atoms with van der Waals surface area (Å²) in [5.74, 6) is 0.425. The van der Waals surface area contributed by atoms with E-state index in [0.717, 1.165) is 37.4 Å². The van der Waals surface area contributed by atoms with Crippen LogP contribution in [0.15, 0.2) is 48.7 Å². The highest BCUT2D eigenvalue weighted by molar-refractivity contribution is 5.94. The molecule has 1 N–H and O–H groups in total. The fourth-order valence-corrected chi connectivity index (χ4v) is 3.09. The van der Waals surface area contributed by atoms with Gasteiger partial charge in [0.2, 0.25) is 0 Å². The SMILES string of the molecule is CC(C)OC(=O)c1cccnc1N1CCC(Nc2ccccc2)CC1. The van der Waals surface area contributed by atoms with Gasteiger partial charge in [0.05, 0.1) is 6.10 Å². The van der Waals surface area contributed by atoms with Gasteiger partial charge in [-0.05, 0) is 51.0 Å². The summed E-state index contributed by atoms with van der Waals surface area (Å²) in [6, 6.07) is 14.3. The smallest absolute Gasteiger partial charge is 0.342 e. The van der Waals surface area contributed by atoms with Crippen molar-refractivity contribution < 1.29 is 9.53 Å². The van der Waals surface area contributed by atoms with E-state index in [4.69, 9.17) is 4.74 Å². The van der Waals surface area contributed by atoms with Crippen molar-refractivity contribution in [3.63, 3.8) is 0 Å². The van der Waals surface area contributed by atoms with Gasteiger partial charge in [0, 0.05) is 31.0 Å². The molecule has 0 unspecified atom stereocenters. The van der Waals surface area contributed by atoms with Gasteiger partial charge in [0.25, 0.3) is 0 Å². The number of carbonyl (C=O) groups is 1. The zero-order valence-corrected chi connectivity index (χ0v) is 14.8. The topological polar surface area (TPSA) is 54.5 Å². The number of hydrogen-bond donors (Lipinski definition) is 1. The predicted octanol–water partition coefficient (Wildman–Crippen LogP) is 3.73. The Morgan fingerprint density at radius 1 is 1.16 bits per heavy atom. The Morgan fingerprint density at radius 2 is 1.88 bits per heavy atom. The second-order valence-corrected chi connectivity index (χ2v) is 6.60. The first-order chi connectivity index (χ1) is 12.1. The molecule has 3 rings (SSSR count). The quantitative estimate of drug-likeness (QED) is 0.841. The summed E-state index contributed by atoms with van der Waals surface area (Å²) in [5.41, 5.74) is 1.70. The molecule has 132 valence electrons. The van der Waals surface area contributed by atoms with Crippen LogP contribution in [0.4, 0.5) is 11.5 Å². The summed E-state index contributed by atoms with van der Waals surface area (Å²) in [7, 11) is 0. The van der Waals surface area contributed by atoms with Crippen LogP contribution in [0.25, 0.3) is 0 Å². The van der Waals surface area contributed by atoms with E-state index in [2.05, 4.69) is 27.3 Å². The number of nitrogens with one attached hydrogen (secondary N) is 1. The zero-order valence-electron chi connectivity index (χ0n) is 14.8. The Labute approximate surface area is 149 Å². The van der Waals surface area contributed by atoms with Crippen molar-refractivity contribution in [2.24, 2.45) is 0 Å². The number of aromatic nitrogens is 1. The molecule has 25 heavy (non-hydrogen) atoms. The van der Waals surface area contributed by atoms with E-state index < -0.39 is 0 Å². The predicted molar refractivity (Wildman–Crippen MR) is 100 cm³/mol. The maximum Gasteiger partial charge on any atom is 0.342 e. The van der Waals surface area contributed by atoms with Crippen molar-refractivity contribution in [2.45, 2.75) is 38.8 Å². The fourth-order valence-electron chi connectivity index (χ4n) is 3.09. The highest BCUT2D eigenvalue weighted by Gasteiger charge is 2.24. The van der Waals surface area contributed by atoms with E-state index in [-0.39, 0.29) is 12.1 Å². The molecule has 0 amide bonds. The first-order valence-corrected chi connectivity index (χ1v) is 8.86. The van der Waals surface area contributed by atoms with Gasteiger partial charge >= 0.3 is 5.97 Å². The summed E-state index contributed by atoms with van der Waals surface area (Å²) in [6.45, 7) is 5.44. The van der Waals surface area contributed by atoms with Crippen LogP contribution in [0.1, 0.15) is 37.0 Å². The number of para-hydroxylation sites is 1. The van der Waals surface area contributed by atoms with E-state index in [1.807, 2.05) is 32.0 Å². The van der Waals surface area contributed by atoms with Gasteiger partial charge in [-0.1, -0.05) is 18.2 Å². The molecule has 5 nitrogen and oxygen atoms in total. The second-order valence-electron chi connectivity index (χ2n) is 6.60. The lowest BCUT2D eigenvalue weighted by molar-refractivity contribution is 0.0378. The number of piperidine rings is 1. The molecular weight excluding hydrogens is 314 g/mol. The summed E-state index contributed by atoms with van der Waals surface area (Å²) >= 11 is 0. The number of carbonyl (C=O) groups excluding carboxylic acids is 1. The van der Waals surface area contributed by atoms with E-state index in [1.54, 1.807) is 18.3 Å². The summed E-state index contributed by atoms with van der Waals surface area (Å²) in [5, 5.41) is 3.58. The van der Waals surface area contributed by atoms with Crippen LogP contribution in [-0.4, -0.2) is 36.2 Å². The van der Waals surface area contributed by atoms with E-state index in [0.29, 0.717) is 11.6 Å². The molecule has 1 aromatic carbocycles. The maximum atomic E-state index is 12.3. The molecule has 2 heterocycles. The van der Waals surface area contributed by atoms with Crippen LogP contribution in [0.5, 0.6) is 0 Å². The Bertz CT molecular complexity index is 695. The first kappa shape index (κ1) is 17.3. The molecule has 0 radical (unpaired) electrons. The molecule has 0 saturated carbocycles. The van der Waals surface area contributed by atoms with E-state index >= 15 is 0 Å². The molecule has 0 spiro atoms. The fraction of sp³-hybridized carbons (Fsp3) is 0.400. The number of pyridine rings is 1. The Morgan fingerprint density at radius 3 is 2.56 bits per heavy atom. The molecule has 1 aromatic heterocycles. The molecule has 2 aromatic rings. The van der Waals surface area contributed by atoms with Crippen molar-refractivity contribution in [3.05, 3.63) is 54.2 Å². The number of nitrogens with zero attached hydrogens (tertiary/aromatic N) is 2. The molecule has 1 aliphatic rings. The number of anilines is 2. The molecule has 1 saturated heterocycles. The van der Waals surface area contributed by atoms with Crippen LogP contribution >= 0.6 is 0 Å². The minimum absolute atomic E-state index is 0.138. The van der Waals surface area contributed by atoms with Gasteiger partial charge < -0.3 is 15.0 Å². The average molecular weight is 339 g/mol. The van der Waals surface area contributed by atoms with Crippen molar-refractivity contribution >= 4 is 17.5 Å². The van der Waals surface area contributed by atoms with Gasteiger partial charge in [0.15, 0.2) is 0 Å². The standard InChI is InChI=1S/C20H25N3O2/c1-15(2)25-20(24)18-9-6-12-21-19(18)23-13-10-17(11-14-23)22-16-7-4-3-5-8-16/h3-9,12,15,17,22H,10-11,13-14H2,1-2H3. The molecule has 0 bridgehead atoms. The minimum atomic E-state index is -0.303. The van der Waals surface area contributed by atoms with Crippen molar-refractivity contribution in [3.8, 4) is 0 Å². The van der Waals surface area contributed by atoms with Gasteiger partial charge in [-0.3, -0.25) is 0 Å². The summed E-state index contributed by atoms with van der Waals surface area (Å²) in [4.78, 5) is 18.9. The molecule has 1 fully saturated rings. The van der Waals surface area contributed by atoms with Crippen LogP contribution in [0, 0.1) is 0 Å². The van der Waals surface area contributed by atoms with Gasteiger partial charge in [-0.2, -0.15) is 0 Å². The highest BCUT2D eigenvalue weighted by Crippen LogP contribution is 2.24. The second kappa shape index (κ2) is 8.01.